The summed E-state index contributed by atoms with van der Waals surface area (Å²) >= 11 is 0. The van der Waals surface area contributed by atoms with E-state index in [9.17, 15) is 22.8 Å². The molecular formula is C20H28N2O8S. The minimum atomic E-state index is -4.23. The molecule has 1 saturated heterocycles. The molecule has 1 heterocycles. The Hall–Kier alpha value is -2.50. The fourth-order valence-corrected chi connectivity index (χ4v) is 5.34. The first-order valence-corrected chi connectivity index (χ1v) is 11.2. The topological polar surface area (TPSA) is 128 Å². The Balaban J connectivity index is 2.42. The molecule has 2 rings (SSSR count). The van der Waals surface area contributed by atoms with E-state index < -0.39 is 33.9 Å². The Bertz CT molecular complexity index is 931. The van der Waals surface area contributed by atoms with Gasteiger partial charge < -0.3 is 19.5 Å². The van der Waals surface area contributed by atoms with Crippen LogP contribution in [-0.4, -0.2) is 77.6 Å². The number of amides is 1. The lowest BCUT2D eigenvalue weighted by Gasteiger charge is -2.36. The van der Waals surface area contributed by atoms with Crippen LogP contribution >= 0.6 is 0 Å². The van der Waals surface area contributed by atoms with Crippen molar-refractivity contribution in [1.29, 1.82) is 0 Å². The third kappa shape index (κ3) is 5.60. The molecule has 0 radical (unpaired) electrons. The smallest absolute Gasteiger partial charge is 0.339 e. The Morgan fingerprint density at radius 3 is 2.39 bits per heavy atom. The van der Waals surface area contributed by atoms with E-state index in [1.165, 1.54) is 30.7 Å². The highest BCUT2D eigenvalue weighted by Gasteiger charge is 2.39. The van der Waals surface area contributed by atoms with Crippen molar-refractivity contribution >= 4 is 27.9 Å². The molecular weight excluding hydrogens is 428 g/mol. The van der Waals surface area contributed by atoms with Gasteiger partial charge in [0.05, 0.1) is 42.8 Å². The fraction of sp³-hybridized carbons (Fsp3) is 0.550. The number of carbonyl (C=O) groups is 3. The molecule has 1 aromatic rings. The predicted molar refractivity (Wildman–Crippen MR) is 110 cm³/mol. The van der Waals surface area contributed by atoms with E-state index in [1.807, 2.05) is 0 Å². The Morgan fingerprint density at radius 1 is 1.10 bits per heavy atom. The van der Waals surface area contributed by atoms with Crippen LogP contribution in [0, 0.1) is 5.92 Å². The molecule has 2 atom stereocenters. The maximum absolute atomic E-state index is 13.5. The van der Waals surface area contributed by atoms with Crippen molar-refractivity contribution < 1.29 is 37.0 Å². The van der Waals surface area contributed by atoms with Gasteiger partial charge in [0.2, 0.25) is 15.9 Å². The van der Waals surface area contributed by atoms with Crippen LogP contribution in [0.3, 0.4) is 0 Å². The van der Waals surface area contributed by atoms with Gasteiger partial charge >= 0.3 is 11.9 Å². The molecule has 0 aliphatic carbocycles. The van der Waals surface area contributed by atoms with Gasteiger partial charge in [-0.1, -0.05) is 0 Å². The number of carbonyl (C=O) groups excluding carboxylic acids is 3. The van der Waals surface area contributed by atoms with Crippen LogP contribution in [0.5, 0.6) is 0 Å². The van der Waals surface area contributed by atoms with E-state index in [-0.39, 0.29) is 28.5 Å². The van der Waals surface area contributed by atoms with E-state index in [0.717, 1.165) is 13.2 Å². The highest BCUT2D eigenvalue weighted by atomic mass is 32.2. The van der Waals surface area contributed by atoms with Crippen LogP contribution in [0.4, 0.5) is 0 Å². The quantitative estimate of drug-likeness (QED) is 0.450. The second-order valence-corrected chi connectivity index (χ2v) is 9.03. The Kier molecular flexibility index (Phi) is 8.54. The van der Waals surface area contributed by atoms with Gasteiger partial charge in [-0.25, -0.2) is 18.0 Å². The first-order valence-electron chi connectivity index (χ1n) is 9.76. The van der Waals surface area contributed by atoms with Crippen molar-refractivity contribution in [3.05, 3.63) is 29.3 Å². The summed E-state index contributed by atoms with van der Waals surface area (Å²) in [5.41, 5.74) is -0.221. The van der Waals surface area contributed by atoms with Crippen molar-refractivity contribution in [1.82, 2.24) is 9.62 Å². The summed E-state index contributed by atoms with van der Waals surface area (Å²) in [7, 11) is -0.408. The number of piperidine rings is 1. The predicted octanol–water partition coefficient (Wildman–Crippen LogP) is 0.812. The van der Waals surface area contributed by atoms with Crippen LogP contribution in [0.25, 0.3) is 0 Å². The lowest BCUT2D eigenvalue weighted by molar-refractivity contribution is -0.126. The molecule has 1 aliphatic rings. The first kappa shape index (κ1) is 24.8. The zero-order valence-electron chi connectivity index (χ0n) is 18.0. The summed E-state index contributed by atoms with van der Waals surface area (Å²) in [6.07, 6.45) is 0.990. The van der Waals surface area contributed by atoms with Crippen LogP contribution in [-0.2, 0) is 29.0 Å². The number of esters is 2. The first-order chi connectivity index (χ1) is 14.7. The molecule has 1 amide bonds. The summed E-state index contributed by atoms with van der Waals surface area (Å²) in [6.45, 7) is 2.35. The van der Waals surface area contributed by atoms with Gasteiger partial charge in [0.1, 0.15) is 0 Å². The Morgan fingerprint density at radius 2 is 1.77 bits per heavy atom. The number of ether oxygens (including phenoxy) is 3. The number of nitrogens with one attached hydrogen (secondary N) is 1. The molecule has 0 spiro atoms. The molecule has 0 unspecified atom stereocenters. The van der Waals surface area contributed by atoms with Gasteiger partial charge in [-0.15, -0.1) is 0 Å². The standard InChI is InChI=1S/C20H28N2O8S/c1-13-5-6-15(18(23)21-9-10-28-2)12-22(13)31(26,27)17-11-14(19(24)29-3)7-8-16(17)20(25)30-4/h7-8,11,13,15H,5-6,9-10,12H2,1-4H3,(H,21,23)/t13-,15+/m0/s1. The average molecular weight is 457 g/mol. The lowest BCUT2D eigenvalue weighted by Crippen LogP contribution is -2.49. The molecule has 11 heteroatoms. The van der Waals surface area contributed by atoms with Gasteiger partial charge in [0, 0.05) is 26.2 Å². The van der Waals surface area contributed by atoms with Crippen molar-refractivity contribution in [3.63, 3.8) is 0 Å². The van der Waals surface area contributed by atoms with E-state index in [1.54, 1.807) is 6.92 Å². The third-order valence-corrected chi connectivity index (χ3v) is 7.22. The number of benzene rings is 1. The summed E-state index contributed by atoms with van der Waals surface area (Å²) in [6, 6.07) is 3.21. The maximum atomic E-state index is 13.5. The average Bonchev–Trinajstić information content (AvgIpc) is 2.77. The number of hydrogen-bond donors (Lipinski definition) is 1. The van der Waals surface area contributed by atoms with Crippen molar-refractivity contribution in [2.24, 2.45) is 5.92 Å². The summed E-state index contributed by atoms with van der Waals surface area (Å²) in [5.74, 6) is -2.41. The molecule has 172 valence electrons. The second-order valence-electron chi connectivity index (χ2n) is 7.18. The highest BCUT2D eigenvalue weighted by molar-refractivity contribution is 7.89. The lowest BCUT2D eigenvalue weighted by atomic mass is 9.95. The van der Waals surface area contributed by atoms with Crippen LogP contribution in [0.15, 0.2) is 23.1 Å². The molecule has 1 N–H and O–H groups in total. The largest absolute Gasteiger partial charge is 0.465 e. The van der Waals surface area contributed by atoms with Crippen LogP contribution in [0.1, 0.15) is 40.5 Å². The van der Waals surface area contributed by atoms with Gasteiger partial charge in [0.15, 0.2) is 0 Å². The number of methoxy groups -OCH3 is 3. The zero-order chi connectivity index (χ0) is 23.2. The zero-order valence-corrected chi connectivity index (χ0v) is 18.9. The summed E-state index contributed by atoms with van der Waals surface area (Å²) in [5, 5.41) is 2.73. The van der Waals surface area contributed by atoms with Gasteiger partial charge in [-0.2, -0.15) is 4.31 Å². The minimum Gasteiger partial charge on any atom is -0.465 e. The summed E-state index contributed by atoms with van der Waals surface area (Å²) < 4.78 is 42.6. The number of sulfonamides is 1. The molecule has 10 nitrogen and oxygen atoms in total. The molecule has 1 fully saturated rings. The highest BCUT2D eigenvalue weighted by Crippen LogP contribution is 2.31. The molecule has 1 aromatic carbocycles. The summed E-state index contributed by atoms with van der Waals surface area (Å²) in [4.78, 5) is 36.3. The monoisotopic (exact) mass is 456 g/mol. The van der Waals surface area contributed by atoms with Gasteiger partial charge in [-0.05, 0) is 38.0 Å². The fourth-order valence-electron chi connectivity index (χ4n) is 3.43. The Labute approximate surface area is 181 Å². The normalized spacial score (nSPS) is 19.5. The number of nitrogens with zero attached hydrogens (tertiary/aromatic N) is 1. The van der Waals surface area contributed by atoms with Crippen LogP contribution < -0.4 is 5.32 Å². The van der Waals surface area contributed by atoms with Crippen LogP contribution in [0.2, 0.25) is 0 Å². The SMILES string of the molecule is COCCNC(=O)[C@@H]1CC[C@H](C)N(S(=O)(=O)c2cc(C(=O)OC)ccc2C(=O)OC)C1. The molecule has 31 heavy (non-hydrogen) atoms. The van der Waals surface area contributed by atoms with Gasteiger partial charge in [-0.3, -0.25) is 4.79 Å². The van der Waals surface area contributed by atoms with E-state index in [0.29, 0.717) is 26.0 Å². The number of rotatable bonds is 8. The second kappa shape index (κ2) is 10.7. The van der Waals surface area contributed by atoms with Crippen molar-refractivity contribution in [3.8, 4) is 0 Å². The van der Waals surface area contributed by atoms with Crippen molar-refractivity contribution in [2.75, 3.05) is 41.0 Å². The third-order valence-electron chi connectivity index (χ3n) is 5.20. The number of hydrogen-bond acceptors (Lipinski definition) is 8. The van der Waals surface area contributed by atoms with E-state index in [2.05, 4.69) is 10.1 Å². The minimum absolute atomic E-state index is 0.0211. The van der Waals surface area contributed by atoms with Crippen molar-refractivity contribution in [2.45, 2.75) is 30.7 Å². The molecule has 0 aromatic heterocycles. The molecule has 1 aliphatic heterocycles. The van der Waals surface area contributed by atoms with Gasteiger partial charge in [0.25, 0.3) is 0 Å². The molecule has 0 bridgehead atoms. The maximum Gasteiger partial charge on any atom is 0.339 e. The van der Waals surface area contributed by atoms with E-state index in [4.69, 9.17) is 9.47 Å². The van der Waals surface area contributed by atoms with E-state index >= 15 is 0 Å². The molecule has 0 saturated carbocycles.